The second-order valence-corrected chi connectivity index (χ2v) is 6.89. The summed E-state index contributed by atoms with van der Waals surface area (Å²) in [6, 6.07) is 11.1. The molecule has 0 aliphatic rings. The van der Waals surface area contributed by atoms with Crippen LogP contribution in [-0.4, -0.2) is 34.5 Å². The van der Waals surface area contributed by atoms with Gasteiger partial charge in [0.05, 0.1) is 25.6 Å². The molecular formula is C20H18N4O3S. The third kappa shape index (κ3) is 3.18. The van der Waals surface area contributed by atoms with Crippen LogP contribution < -0.4 is 14.8 Å². The van der Waals surface area contributed by atoms with E-state index in [2.05, 4.69) is 15.3 Å². The number of hydrogen-bond acceptors (Lipinski definition) is 6. The van der Waals surface area contributed by atoms with E-state index >= 15 is 0 Å². The number of nitrogens with zero attached hydrogens (tertiary/aromatic N) is 3. The number of anilines is 1. The van der Waals surface area contributed by atoms with Crippen molar-refractivity contribution in [3.63, 3.8) is 0 Å². The van der Waals surface area contributed by atoms with Gasteiger partial charge in [0.2, 0.25) is 0 Å². The van der Waals surface area contributed by atoms with Gasteiger partial charge in [-0.05, 0) is 37.3 Å². The first-order valence-corrected chi connectivity index (χ1v) is 9.41. The number of imidazole rings is 1. The molecule has 28 heavy (non-hydrogen) atoms. The van der Waals surface area contributed by atoms with Gasteiger partial charge in [-0.25, -0.2) is 9.97 Å². The molecule has 0 aliphatic carbocycles. The van der Waals surface area contributed by atoms with Crippen molar-refractivity contribution in [3.8, 4) is 22.8 Å². The Morgan fingerprint density at radius 3 is 2.79 bits per heavy atom. The number of thiazole rings is 1. The molecule has 0 atom stereocenters. The number of methoxy groups -OCH3 is 2. The Hall–Kier alpha value is -3.39. The van der Waals surface area contributed by atoms with Crippen LogP contribution in [0.15, 0.2) is 48.0 Å². The first-order chi connectivity index (χ1) is 13.6. The quantitative estimate of drug-likeness (QED) is 0.553. The monoisotopic (exact) mass is 394 g/mol. The highest BCUT2D eigenvalue weighted by atomic mass is 32.1. The van der Waals surface area contributed by atoms with Crippen molar-refractivity contribution in [1.82, 2.24) is 14.4 Å². The topological polar surface area (TPSA) is 77.8 Å². The van der Waals surface area contributed by atoms with Crippen molar-refractivity contribution in [2.24, 2.45) is 0 Å². The largest absolute Gasteiger partial charge is 0.497 e. The maximum atomic E-state index is 12.8. The molecule has 4 aromatic rings. The van der Waals surface area contributed by atoms with Gasteiger partial charge >= 0.3 is 0 Å². The number of ether oxygens (including phenoxy) is 2. The SMILES string of the molecule is COc1ccc(OC)c(-c2csc(NC(=O)c3c(C)nc4ccccn34)n2)c1. The van der Waals surface area contributed by atoms with Gasteiger partial charge in [0.15, 0.2) is 5.13 Å². The summed E-state index contributed by atoms with van der Waals surface area (Å²) in [4.78, 5) is 21.8. The lowest BCUT2D eigenvalue weighted by atomic mass is 10.1. The number of benzene rings is 1. The molecule has 1 N–H and O–H groups in total. The zero-order chi connectivity index (χ0) is 19.7. The van der Waals surface area contributed by atoms with E-state index in [0.29, 0.717) is 33.7 Å². The summed E-state index contributed by atoms with van der Waals surface area (Å²) in [6.45, 7) is 1.82. The highest BCUT2D eigenvalue weighted by Gasteiger charge is 2.18. The van der Waals surface area contributed by atoms with Gasteiger partial charge in [-0.3, -0.25) is 14.5 Å². The fraction of sp³-hybridized carbons (Fsp3) is 0.150. The average molecular weight is 394 g/mol. The van der Waals surface area contributed by atoms with Gasteiger partial charge < -0.3 is 9.47 Å². The van der Waals surface area contributed by atoms with Gasteiger partial charge in [0, 0.05) is 17.1 Å². The second-order valence-electron chi connectivity index (χ2n) is 6.03. The minimum atomic E-state index is -0.255. The maximum absolute atomic E-state index is 12.8. The van der Waals surface area contributed by atoms with Crippen molar-refractivity contribution < 1.29 is 14.3 Å². The van der Waals surface area contributed by atoms with Gasteiger partial charge in [-0.2, -0.15) is 0 Å². The van der Waals surface area contributed by atoms with Crippen LogP contribution in [0.5, 0.6) is 11.5 Å². The predicted molar refractivity (Wildman–Crippen MR) is 109 cm³/mol. The van der Waals surface area contributed by atoms with Gasteiger partial charge in [0.25, 0.3) is 5.91 Å². The summed E-state index contributed by atoms with van der Waals surface area (Å²) in [6.07, 6.45) is 1.82. The van der Waals surface area contributed by atoms with Crippen LogP contribution in [0.1, 0.15) is 16.2 Å². The van der Waals surface area contributed by atoms with E-state index in [1.54, 1.807) is 18.6 Å². The lowest BCUT2D eigenvalue weighted by Gasteiger charge is -2.08. The number of amides is 1. The summed E-state index contributed by atoms with van der Waals surface area (Å²) in [5, 5.41) is 5.23. The highest BCUT2D eigenvalue weighted by molar-refractivity contribution is 7.14. The Morgan fingerprint density at radius 1 is 1.14 bits per heavy atom. The molecule has 0 unspecified atom stereocenters. The molecule has 3 heterocycles. The van der Waals surface area contributed by atoms with E-state index in [0.717, 1.165) is 11.2 Å². The number of hydrogen-bond donors (Lipinski definition) is 1. The van der Waals surface area contributed by atoms with Gasteiger partial charge in [-0.15, -0.1) is 11.3 Å². The van der Waals surface area contributed by atoms with Crippen LogP contribution in [0, 0.1) is 6.92 Å². The molecule has 7 nitrogen and oxygen atoms in total. The van der Waals surface area contributed by atoms with E-state index in [9.17, 15) is 4.79 Å². The van der Waals surface area contributed by atoms with Crippen molar-refractivity contribution in [2.75, 3.05) is 19.5 Å². The standard InChI is InChI=1S/C20H18N4O3S/c1-12-18(24-9-5-4-6-17(24)21-12)19(25)23-20-22-15(11-28-20)14-10-13(26-2)7-8-16(14)27-3/h4-11H,1-3H3,(H,22,23,25). The highest BCUT2D eigenvalue weighted by Crippen LogP contribution is 2.35. The molecule has 1 amide bonds. The number of nitrogens with one attached hydrogen (secondary N) is 1. The molecule has 4 rings (SSSR count). The fourth-order valence-corrected chi connectivity index (χ4v) is 3.72. The number of aryl methyl sites for hydroxylation is 1. The lowest BCUT2D eigenvalue weighted by Crippen LogP contribution is -2.15. The molecule has 1 aromatic carbocycles. The van der Waals surface area contributed by atoms with Crippen LogP contribution in [0.25, 0.3) is 16.9 Å². The smallest absolute Gasteiger partial charge is 0.276 e. The third-order valence-corrected chi connectivity index (χ3v) is 5.08. The van der Waals surface area contributed by atoms with Gasteiger partial charge in [0.1, 0.15) is 22.8 Å². The number of pyridine rings is 1. The van der Waals surface area contributed by atoms with E-state index < -0.39 is 0 Å². The maximum Gasteiger partial charge on any atom is 0.276 e. The average Bonchev–Trinajstić information content (AvgIpc) is 3.30. The first kappa shape index (κ1) is 18.0. The molecule has 8 heteroatoms. The fourth-order valence-electron chi connectivity index (χ4n) is 3.01. The van der Waals surface area contributed by atoms with Crippen molar-refractivity contribution in [1.29, 1.82) is 0 Å². The Bertz CT molecular complexity index is 1170. The molecule has 0 fully saturated rings. The summed E-state index contributed by atoms with van der Waals surface area (Å²) >= 11 is 1.34. The summed E-state index contributed by atoms with van der Waals surface area (Å²) in [7, 11) is 3.21. The summed E-state index contributed by atoms with van der Waals surface area (Å²) in [5.41, 5.74) is 3.38. The zero-order valence-electron chi connectivity index (χ0n) is 15.6. The Morgan fingerprint density at radius 2 is 2.00 bits per heavy atom. The van der Waals surface area contributed by atoms with Crippen LogP contribution in [0.2, 0.25) is 0 Å². The minimum Gasteiger partial charge on any atom is -0.497 e. The number of rotatable bonds is 5. The van der Waals surface area contributed by atoms with Crippen LogP contribution >= 0.6 is 11.3 Å². The number of aromatic nitrogens is 3. The number of carbonyl (C=O) groups excluding carboxylic acids is 1. The van der Waals surface area contributed by atoms with Crippen molar-refractivity contribution >= 4 is 28.0 Å². The molecule has 0 saturated heterocycles. The van der Waals surface area contributed by atoms with E-state index in [4.69, 9.17) is 9.47 Å². The Labute approximate surface area is 165 Å². The minimum absolute atomic E-state index is 0.255. The van der Waals surface area contributed by atoms with E-state index in [1.807, 2.05) is 54.9 Å². The molecule has 142 valence electrons. The van der Waals surface area contributed by atoms with Crippen molar-refractivity contribution in [2.45, 2.75) is 6.92 Å². The second kappa shape index (κ2) is 7.32. The molecule has 0 saturated carbocycles. The molecule has 0 spiro atoms. The van der Waals surface area contributed by atoms with Crippen LogP contribution in [0.4, 0.5) is 5.13 Å². The van der Waals surface area contributed by atoms with Crippen molar-refractivity contribution in [3.05, 3.63) is 59.4 Å². The molecule has 0 radical (unpaired) electrons. The Balaban J connectivity index is 1.64. The van der Waals surface area contributed by atoms with Crippen LogP contribution in [0.3, 0.4) is 0 Å². The van der Waals surface area contributed by atoms with Gasteiger partial charge in [-0.1, -0.05) is 6.07 Å². The third-order valence-electron chi connectivity index (χ3n) is 4.33. The van der Waals surface area contributed by atoms with E-state index in [-0.39, 0.29) is 5.91 Å². The normalized spacial score (nSPS) is 10.8. The lowest BCUT2D eigenvalue weighted by molar-refractivity contribution is 0.102. The summed E-state index contributed by atoms with van der Waals surface area (Å²) in [5.74, 6) is 1.13. The predicted octanol–water partition coefficient (Wildman–Crippen LogP) is 4.04. The molecule has 3 aromatic heterocycles. The van der Waals surface area contributed by atoms with E-state index in [1.165, 1.54) is 11.3 Å². The van der Waals surface area contributed by atoms with Crippen LogP contribution in [-0.2, 0) is 0 Å². The Kier molecular flexibility index (Phi) is 4.70. The number of fused-ring (bicyclic) bond motifs is 1. The molecule has 0 aliphatic heterocycles. The molecular weight excluding hydrogens is 376 g/mol. The number of carbonyl (C=O) groups is 1. The molecule has 0 bridgehead atoms. The zero-order valence-corrected chi connectivity index (χ0v) is 16.4. The summed E-state index contributed by atoms with van der Waals surface area (Å²) < 4.78 is 12.5. The first-order valence-electron chi connectivity index (χ1n) is 8.53.